The van der Waals surface area contributed by atoms with Crippen LogP contribution in [-0.2, 0) is 17.9 Å². The number of aryl methyl sites for hydroxylation is 1. The molecule has 0 radical (unpaired) electrons. The fourth-order valence-corrected chi connectivity index (χ4v) is 6.05. The monoisotopic (exact) mass is 562 g/mol. The minimum Gasteiger partial charge on any atom is -0.384 e. The molecule has 5 rings (SSSR count). The number of carbonyl (C=O) groups excluding carboxylic acids is 1. The van der Waals surface area contributed by atoms with Crippen LogP contribution in [0, 0.1) is 11.7 Å². The molecule has 216 valence electrons. The molecule has 0 saturated carbocycles. The van der Waals surface area contributed by atoms with E-state index in [9.17, 15) is 27.2 Å². The van der Waals surface area contributed by atoms with Crippen molar-refractivity contribution in [2.24, 2.45) is 5.92 Å². The van der Waals surface area contributed by atoms with Gasteiger partial charge in [-0.25, -0.2) is 14.2 Å². The number of pyridine rings is 1. The summed E-state index contributed by atoms with van der Waals surface area (Å²) in [5.41, 5.74) is 7.24. The predicted molar refractivity (Wildman–Crippen MR) is 143 cm³/mol. The molecule has 2 aromatic heterocycles. The van der Waals surface area contributed by atoms with E-state index in [0.717, 1.165) is 38.0 Å². The number of carbonyl (C=O) groups is 1. The summed E-state index contributed by atoms with van der Waals surface area (Å²) in [5.74, 6) is 0.0313. The van der Waals surface area contributed by atoms with Gasteiger partial charge in [-0.05, 0) is 81.1 Å². The van der Waals surface area contributed by atoms with Crippen LogP contribution in [-0.4, -0.2) is 62.2 Å². The third-order valence-corrected chi connectivity index (χ3v) is 8.10. The number of nitrogen functional groups attached to an aromatic ring is 1. The molecule has 0 bridgehead atoms. The van der Waals surface area contributed by atoms with E-state index in [1.165, 1.54) is 22.8 Å². The SMILES string of the molecule is Nc1cc(CN2CCC(C(=O)N3CCC(n4c(=O)n(CCCC(F)(F)F)c5cc(F)ccc54)CC3)CC2)ccn1. The average molecular weight is 563 g/mol. The van der Waals surface area contributed by atoms with Crippen LogP contribution in [0.4, 0.5) is 23.4 Å². The van der Waals surface area contributed by atoms with Crippen LogP contribution < -0.4 is 11.4 Å². The number of rotatable bonds is 7. The van der Waals surface area contributed by atoms with E-state index < -0.39 is 24.1 Å². The summed E-state index contributed by atoms with van der Waals surface area (Å²) >= 11 is 0. The molecule has 0 atom stereocenters. The molecule has 2 fully saturated rings. The Morgan fingerprint density at radius 3 is 2.40 bits per heavy atom. The Labute approximate surface area is 229 Å². The number of hydrogen-bond acceptors (Lipinski definition) is 5. The molecule has 3 aromatic rings. The number of anilines is 1. The fourth-order valence-electron chi connectivity index (χ4n) is 6.05. The van der Waals surface area contributed by atoms with Crippen LogP contribution in [0.25, 0.3) is 11.0 Å². The molecular formula is C28H34F4N6O2. The highest BCUT2D eigenvalue weighted by atomic mass is 19.4. The maximum atomic E-state index is 14.0. The Hall–Kier alpha value is -3.41. The quantitative estimate of drug-likeness (QED) is 0.433. The second kappa shape index (κ2) is 11.6. The third-order valence-electron chi connectivity index (χ3n) is 8.10. The average Bonchev–Trinajstić information content (AvgIpc) is 3.18. The highest BCUT2D eigenvalue weighted by Gasteiger charge is 2.33. The second-order valence-corrected chi connectivity index (χ2v) is 10.9. The van der Waals surface area contributed by atoms with Gasteiger partial charge in [0.05, 0.1) is 11.0 Å². The van der Waals surface area contributed by atoms with Gasteiger partial charge in [-0.2, -0.15) is 13.2 Å². The number of piperidine rings is 2. The molecule has 2 N–H and O–H groups in total. The molecule has 4 heterocycles. The Morgan fingerprint density at radius 2 is 1.73 bits per heavy atom. The topological polar surface area (TPSA) is 89.4 Å². The van der Waals surface area contributed by atoms with Crippen molar-refractivity contribution in [2.75, 3.05) is 31.9 Å². The Kier molecular flexibility index (Phi) is 8.16. The van der Waals surface area contributed by atoms with E-state index in [1.807, 2.05) is 17.0 Å². The number of imidazole rings is 1. The summed E-state index contributed by atoms with van der Waals surface area (Å²) in [6.45, 7) is 3.24. The van der Waals surface area contributed by atoms with Gasteiger partial charge < -0.3 is 10.6 Å². The Bertz CT molecular complexity index is 1400. The lowest BCUT2D eigenvalue weighted by molar-refractivity contribution is -0.138. The van der Waals surface area contributed by atoms with Gasteiger partial charge in [-0.3, -0.25) is 18.8 Å². The number of nitrogens with zero attached hydrogens (tertiary/aromatic N) is 5. The predicted octanol–water partition coefficient (Wildman–Crippen LogP) is 4.34. The van der Waals surface area contributed by atoms with Crippen LogP contribution in [0.1, 0.15) is 50.1 Å². The first-order chi connectivity index (χ1) is 19.1. The van der Waals surface area contributed by atoms with Crippen molar-refractivity contribution in [3.8, 4) is 0 Å². The summed E-state index contributed by atoms with van der Waals surface area (Å²) in [5, 5.41) is 0. The Balaban J connectivity index is 1.20. The first kappa shape index (κ1) is 28.1. The molecule has 0 unspecified atom stereocenters. The summed E-state index contributed by atoms with van der Waals surface area (Å²) in [6, 6.07) is 7.56. The molecule has 0 spiro atoms. The molecule has 1 aromatic carbocycles. The van der Waals surface area contributed by atoms with Crippen molar-refractivity contribution in [3.63, 3.8) is 0 Å². The second-order valence-electron chi connectivity index (χ2n) is 10.9. The van der Waals surface area contributed by atoms with Crippen LogP contribution >= 0.6 is 0 Å². The van der Waals surface area contributed by atoms with E-state index in [-0.39, 0.29) is 30.8 Å². The van der Waals surface area contributed by atoms with Crippen LogP contribution in [0.2, 0.25) is 0 Å². The van der Waals surface area contributed by atoms with E-state index in [1.54, 1.807) is 10.8 Å². The van der Waals surface area contributed by atoms with Gasteiger partial charge in [-0.1, -0.05) is 0 Å². The Morgan fingerprint density at radius 1 is 1.00 bits per heavy atom. The van der Waals surface area contributed by atoms with Crippen LogP contribution in [0.3, 0.4) is 0 Å². The summed E-state index contributed by atoms with van der Waals surface area (Å²) in [6.07, 6.45) is -1.26. The van der Waals surface area contributed by atoms with E-state index in [4.69, 9.17) is 5.73 Å². The first-order valence-electron chi connectivity index (χ1n) is 13.8. The lowest BCUT2D eigenvalue weighted by Gasteiger charge is -2.37. The largest absolute Gasteiger partial charge is 0.389 e. The van der Waals surface area contributed by atoms with E-state index >= 15 is 0 Å². The van der Waals surface area contributed by atoms with Gasteiger partial charge >= 0.3 is 11.9 Å². The molecule has 12 heteroatoms. The lowest BCUT2D eigenvalue weighted by Crippen LogP contribution is -2.46. The standard InChI is InChI=1S/C28H34F4N6O2/c29-21-2-3-23-24(17-21)37(11-1-9-28(30,31)32)27(40)38(23)22-7-14-36(15-8-22)26(39)20-5-12-35(13-6-20)18-19-4-10-34-25(33)16-19/h2-4,10,16-17,20,22H,1,5-9,11-15,18H2,(H2,33,34). The van der Waals surface area contributed by atoms with Crippen molar-refractivity contribution >= 4 is 22.8 Å². The van der Waals surface area contributed by atoms with Gasteiger partial charge in [0.1, 0.15) is 11.6 Å². The normalized spacial score (nSPS) is 18.1. The van der Waals surface area contributed by atoms with Crippen molar-refractivity contribution in [1.82, 2.24) is 23.9 Å². The van der Waals surface area contributed by atoms with Gasteiger partial charge in [0.2, 0.25) is 5.91 Å². The lowest BCUT2D eigenvalue weighted by atomic mass is 9.93. The number of halogens is 4. The molecule has 2 saturated heterocycles. The molecule has 2 aliphatic heterocycles. The number of likely N-dealkylation sites (tertiary alicyclic amines) is 2. The van der Waals surface area contributed by atoms with Crippen LogP contribution in [0.5, 0.6) is 0 Å². The van der Waals surface area contributed by atoms with Crippen molar-refractivity contribution in [2.45, 2.75) is 63.8 Å². The first-order valence-corrected chi connectivity index (χ1v) is 13.8. The highest BCUT2D eigenvalue weighted by Crippen LogP contribution is 2.29. The smallest absolute Gasteiger partial charge is 0.384 e. The third kappa shape index (κ3) is 6.32. The molecule has 1 amide bonds. The number of amides is 1. The molecule has 0 aliphatic carbocycles. The van der Waals surface area contributed by atoms with Gasteiger partial charge in [0.25, 0.3) is 0 Å². The highest BCUT2D eigenvalue weighted by molar-refractivity contribution is 5.79. The molecular weight excluding hydrogens is 528 g/mol. The molecule has 40 heavy (non-hydrogen) atoms. The summed E-state index contributed by atoms with van der Waals surface area (Å²) in [4.78, 5) is 34.8. The summed E-state index contributed by atoms with van der Waals surface area (Å²) < 4.78 is 54.9. The number of aromatic nitrogens is 3. The maximum Gasteiger partial charge on any atom is 0.389 e. The van der Waals surface area contributed by atoms with Gasteiger partial charge in [0, 0.05) is 50.8 Å². The molecule has 8 nitrogen and oxygen atoms in total. The van der Waals surface area contributed by atoms with Crippen LogP contribution in [0.15, 0.2) is 41.3 Å². The van der Waals surface area contributed by atoms with Crippen molar-refractivity contribution in [3.05, 3.63) is 58.4 Å². The van der Waals surface area contributed by atoms with Gasteiger partial charge in [-0.15, -0.1) is 0 Å². The zero-order chi connectivity index (χ0) is 28.4. The summed E-state index contributed by atoms with van der Waals surface area (Å²) in [7, 11) is 0. The zero-order valence-corrected chi connectivity index (χ0v) is 22.2. The minimum atomic E-state index is -4.32. The molecule has 2 aliphatic rings. The number of hydrogen-bond donors (Lipinski definition) is 1. The fraction of sp³-hybridized carbons (Fsp3) is 0.536. The number of alkyl halides is 3. The van der Waals surface area contributed by atoms with E-state index in [0.29, 0.717) is 42.8 Å². The number of fused-ring (bicyclic) bond motifs is 1. The van der Waals surface area contributed by atoms with Crippen molar-refractivity contribution < 1.29 is 22.4 Å². The maximum absolute atomic E-state index is 14.0. The van der Waals surface area contributed by atoms with E-state index in [2.05, 4.69) is 9.88 Å². The van der Waals surface area contributed by atoms with Gasteiger partial charge in [0.15, 0.2) is 0 Å². The minimum absolute atomic E-state index is 0.0449. The zero-order valence-electron chi connectivity index (χ0n) is 22.2. The number of nitrogens with two attached hydrogens (primary N) is 1. The van der Waals surface area contributed by atoms with Crippen molar-refractivity contribution in [1.29, 1.82) is 0 Å². The number of benzene rings is 1.